The van der Waals surface area contributed by atoms with E-state index in [4.69, 9.17) is 17.4 Å². The maximum absolute atomic E-state index is 6.08. The van der Waals surface area contributed by atoms with Gasteiger partial charge in [0.15, 0.2) is 0 Å². The van der Waals surface area contributed by atoms with Crippen molar-refractivity contribution >= 4 is 23.2 Å². The van der Waals surface area contributed by atoms with Gasteiger partial charge in [0.25, 0.3) is 0 Å². The maximum atomic E-state index is 6.08. The van der Waals surface area contributed by atoms with Crippen molar-refractivity contribution < 1.29 is 0 Å². The minimum Gasteiger partial charge on any atom is -0.353 e. The van der Waals surface area contributed by atoms with E-state index in [9.17, 15) is 0 Å². The summed E-state index contributed by atoms with van der Waals surface area (Å²) in [7, 11) is 2.01. The van der Waals surface area contributed by atoms with Crippen LogP contribution in [0.1, 0.15) is 31.0 Å². The quantitative estimate of drug-likeness (QED) is 0.656. The lowest BCUT2D eigenvalue weighted by Crippen LogP contribution is -2.25. The van der Waals surface area contributed by atoms with Gasteiger partial charge in [0.2, 0.25) is 0 Å². The second-order valence-electron chi connectivity index (χ2n) is 4.86. The highest BCUT2D eigenvalue weighted by molar-refractivity contribution is 6.30. The molecular weight excluding hydrogens is 286 g/mol. The third kappa shape index (κ3) is 3.25. The van der Waals surface area contributed by atoms with Crippen LogP contribution in [0.25, 0.3) is 0 Å². The molecular formula is C15H20ClN5. The number of rotatable bonds is 5. The lowest BCUT2D eigenvalue weighted by molar-refractivity contribution is 0.721. The van der Waals surface area contributed by atoms with Crippen LogP contribution >= 0.6 is 11.6 Å². The maximum Gasteiger partial charge on any atom is 0.148 e. The summed E-state index contributed by atoms with van der Waals surface area (Å²) in [6, 6.07) is 7.99. The molecule has 5 nitrogen and oxygen atoms in total. The Morgan fingerprint density at radius 3 is 2.76 bits per heavy atom. The fourth-order valence-electron chi connectivity index (χ4n) is 2.33. The highest BCUT2D eigenvalue weighted by Gasteiger charge is 2.18. The third-order valence-electron chi connectivity index (χ3n) is 3.66. The first kappa shape index (κ1) is 15.5. The number of halogens is 1. The molecule has 0 saturated heterocycles. The molecule has 112 valence electrons. The van der Waals surface area contributed by atoms with Gasteiger partial charge in [-0.2, -0.15) is 0 Å². The second kappa shape index (κ2) is 6.74. The van der Waals surface area contributed by atoms with E-state index < -0.39 is 0 Å². The minimum absolute atomic E-state index is 0.134. The zero-order valence-electron chi connectivity index (χ0n) is 12.5. The smallest absolute Gasteiger partial charge is 0.148 e. The first-order valence-electron chi connectivity index (χ1n) is 6.87. The number of hydrogen-bond acceptors (Lipinski definition) is 5. The van der Waals surface area contributed by atoms with Crippen molar-refractivity contribution in [2.24, 2.45) is 5.84 Å². The summed E-state index contributed by atoms with van der Waals surface area (Å²) in [5, 5.41) is 0.732. The van der Waals surface area contributed by atoms with Gasteiger partial charge in [-0.1, -0.05) is 30.7 Å². The zero-order chi connectivity index (χ0) is 15.4. The van der Waals surface area contributed by atoms with Crippen LogP contribution in [0.2, 0.25) is 5.02 Å². The number of nitrogens with zero attached hydrogens (tertiary/aromatic N) is 3. The van der Waals surface area contributed by atoms with E-state index in [0.717, 1.165) is 28.4 Å². The fourth-order valence-corrected chi connectivity index (χ4v) is 2.53. The number of hydrogen-bond donors (Lipinski definition) is 2. The molecule has 1 heterocycles. The van der Waals surface area contributed by atoms with Gasteiger partial charge in [-0.25, -0.2) is 15.8 Å². The van der Waals surface area contributed by atoms with Crippen LogP contribution in [0.5, 0.6) is 0 Å². The molecule has 3 N–H and O–H groups in total. The number of nitrogens with one attached hydrogen (secondary N) is 1. The van der Waals surface area contributed by atoms with E-state index in [-0.39, 0.29) is 6.04 Å². The standard InChI is InChI=1S/C15H20ClN5/c1-4-13-14(20-17)18-9-19-15(13)21(3)10(2)11-6-5-7-12(16)8-11/h5-10H,4,17H2,1-3H3,(H,18,19,20). The van der Waals surface area contributed by atoms with Crippen LogP contribution < -0.4 is 16.2 Å². The Kier molecular flexibility index (Phi) is 4.98. The first-order chi connectivity index (χ1) is 10.1. The monoisotopic (exact) mass is 305 g/mol. The van der Waals surface area contributed by atoms with E-state index in [1.54, 1.807) is 0 Å². The number of anilines is 2. The van der Waals surface area contributed by atoms with E-state index in [0.29, 0.717) is 5.82 Å². The van der Waals surface area contributed by atoms with Gasteiger partial charge in [-0.3, -0.25) is 0 Å². The molecule has 1 atom stereocenters. The van der Waals surface area contributed by atoms with E-state index in [1.807, 2.05) is 25.2 Å². The number of benzene rings is 1. The molecule has 0 aliphatic carbocycles. The Balaban J connectivity index is 2.37. The van der Waals surface area contributed by atoms with Crippen molar-refractivity contribution in [3.05, 3.63) is 46.7 Å². The Hall–Kier alpha value is -1.85. The summed E-state index contributed by atoms with van der Waals surface area (Å²) in [6.07, 6.45) is 2.31. The van der Waals surface area contributed by atoms with Crippen LogP contribution in [0, 0.1) is 0 Å². The number of aromatic nitrogens is 2. The normalized spacial score (nSPS) is 12.0. The Morgan fingerprint density at radius 1 is 1.38 bits per heavy atom. The summed E-state index contributed by atoms with van der Waals surface area (Å²) in [4.78, 5) is 10.7. The predicted octanol–water partition coefficient (Wildman–Crippen LogP) is 3.18. The summed E-state index contributed by atoms with van der Waals surface area (Å²) in [5.74, 6) is 7.05. The van der Waals surface area contributed by atoms with Crippen molar-refractivity contribution in [3.8, 4) is 0 Å². The fraction of sp³-hybridized carbons (Fsp3) is 0.333. The van der Waals surface area contributed by atoms with Gasteiger partial charge in [0, 0.05) is 17.6 Å². The number of nitrogens with two attached hydrogens (primary N) is 1. The van der Waals surface area contributed by atoms with E-state index >= 15 is 0 Å². The molecule has 1 aromatic heterocycles. The SMILES string of the molecule is CCc1c(NN)ncnc1N(C)C(C)c1cccc(Cl)c1. The van der Waals surface area contributed by atoms with Crippen molar-refractivity contribution in [3.63, 3.8) is 0 Å². The van der Waals surface area contributed by atoms with E-state index in [2.05, 4.69) is 40.2 Å². The van der Waals surface area contributed by atoms with Gasteiger partial charge in [0.05, 0.1) is 6.04 Å². The average molecular weight is 306 g/mol. The molecule has 0 aliphatic heterocycles. The Bertz CT molecular complexity index is 617. The minimum atomic E-state index is 0.134. The summed E-state index contributed by atoms with van der Waals surface area (Å²) >= 11 is 6.08. The highest BCUT2D eigenvalue weighted by Crippen LogP contribution is 2.30. The molecule has 0 spiro atoms. The highest BCUT2D eigenvalue weighted by atomic mass is 35.5. The summed E-state index contributed by atoms with van der Waals surface area (Å²) < 4.78 is 0. The first-order valence-corrected chi connectivity index (χ1v) is 7.25. The molecule has 0 bridgehead atoms. The number of nitrogen functional groups attached to an aromatic ring is 1. The molecule has 0 radical (unpaired) electrons. The van der Waals surface area contributed by atoms with Gasteiger partial charge < -0.3 is 10.3 Å². The molecule has 2 aromatic rings. The van der Waals surface area contributed by atoms with Crippen LogP contribution in [-0.4, -0.2) is 17.0 Å². The van der Waals surface area contributed by atoms with Crippen LogP contribution in [0.3, 0.4) is 0 Å². The summed E-state index contributed by atoms with van der Waals surface area (Å²) in [5.41, 5.74) is 4.76. The molecule has 0 aliphatic rings. The Morgan fingerprint density at radius 2 is 2.14 bits per heavy atom. The Labute approximate surface area is 130 Å². The topological polar surface area (TPSA) is 67.1 Å². The van der Waals surface area contributed by atoms with Gasteiger partial charge >= 0.3 is 0 Å². The molecule has 1 unspecified atom stereocenters. The zero-order valence-corrected chi connectivity index (χ0v) is 13.2. The largest absolute Gasteiger partial charge is 0.353 e. The van der Waals surface area contributed by atoms with Crippen LogP contribution in [0.15, 0.2) is 30.6 Å². The van der Waals surface area contributed by atoms with Gasteiger partial charge in [-0.05, 0) is 31.0 Å². The van der Waals surface area contributed by atoms with Crippen molar-refractivity contribution in [1.29, 1.82) is 0 Å². The molecule has 0 saturated carbocycles. The molecule has 6 heteroatoms. The van der Waals surface area contributed by atoms with Crippen molar-refractivity contribution in [2.45, 2.75) is 26.3 Å². The second-order valence-corrected chi connectivity index (χ2v) is 5.30. The van der Waals surface area contributed by atoms with Gasteiger partial charge in [0.1, 0.15) is 18.0 Å². The van der Waals surface area contributed by atoms with E-state index in [1.165, 1.54) is 6.33 Å². The molecule has 0 amide bonds. The molecule has 1 aromatic carbocycles. The third-order valence-corrected chi connectivity index (χ3v) is 3.89. The predicted molar refractivity (Wildman–Crippen MR) is 87.5 cm³/mol. The molecule has 2 rings (SSSR count). The number of hydrazine groups is 1. The summed E-state index contributed by atoms with van der Waals surface area (Å²) in [6.45, 7) is 4.17. The van der Waals surface area contributed by atoms with Crippen molar-refractivity contribution in [1.82, 2.24) is 9.97 Å². The van der Waals surface area contributed by atoms with Gasteiger partial charge in [-0.15, -0.1) is 0 Å². The lowest BCUT2D eigenvalue weighted by Gasteiger charge is -2.28. The average Bonchev–Trinajstić information content (AvgIpc) is 2.52. The van der Waals surface area contributed by atoms with Crippen LogP contribution in [0.4, 0.5) is 11.6 Å². The molecule has 0 fully saturated rings. The molecule has 21 heavy (non-hydrogen) atoms. The van der Waals surface area contributed by atoms with Crippen molar-refractivity contribution in [2.75, 3.05) is 17.4 Å². The lowest BCUT2D eigenvalue weighted by atomic mass is 10.1. The van der Waals surface area contributed by atoms with Crippen LogP contribution in [-0.2, 0) is 6.42 Å².